The Balaban J connectivity index is 2.07. The third-order valence-corrected chi connectivity index (χ3v) is 3.83. The van der Waals surface area contributed by atoms with E-state index in [4.69, 9.17) is 23.2 Å². The van der Waals surface area contributed by atoms with Crippen molar-refractivity contribution in [1.82, 2.24) is 5.32 Å². The van der Waals surface area contributed by atoms with E-state index in [1.165, 1.54) is 18.2 Å². The lowest BCUT2D eigenvalue weighted by Gasteiger charge is -2.16. The molecule has 1 aromatic carbocycles. The first-order valence-electron chi connectivity index (χ1n) is 5.97. The zero-order valence-corrected chi connectivity index (χ0v) is 11.3. The quantitative estimate of drug-likeness (QED) is 0.842. The van der Waals surface area contributed by atoms with Gasteiger partial charge in [-0.25, -0.2) is 4.39 Å². The normalized spacial score (nSPS) is 17.7. The Morgan fingerprint density at radius 1 is 1.39 bits per heavy atom. The summed E-state index contributed by atoms with van der Waals surface area (Å²) in [6.07, 6.45) is 4.16. The molecule has 0 aliphatic heterocycles. The van der Waals surface area contributed by atoms with Gasteiger partial charge in [0, 0.05) is 16.6 Å². The van der Waals surface area contributed by atoms with Crippen LogP contribution in [0.25, 0.3) is 0 Å². The maximum Gasteiger partial charge on any atom is 0.242 e. The van der Waals surface area contributed by atoms with E-state index in [9.17, 15) is 9.18 Å². The SMILES string of the molecule is O=C(NC1CCCC1)C(Cl)c1cc(Cl)ccc1F. The molecule has 1 unspecified atom stereocenters. The fraction of sp³-hybridized carbons (Fsp3) is 0.462. The largest absolute Gasteiger partial charge is 0.352 e. The molecule has 5 heteroatoms. The summed E-state index contributed by atoms with van der Waals surface area (Å²) in [6.45, 7) is 0. The monoisotopic (exact) mass is 289 g/mol. The molecule has 18 heavy (non-hydrogen) atoms. The lowest BCUT2D eigenvalue weighted by Crippen LogP contribution is -2.35. The van der Waals surface area contributed by atoms with Gasteiger partial charge in [-0.2, -0.15) is 0 Å². The molecule has 0 saturated heterocycles. The van der Waals surface area contributed by atoms with Crippen LogP contribution in [-0.2, 0) is 4.79 Å². The van der Waals surface area contributed by atoms with Gasteiger partial charge in [0.15, 0.2) is 0 Å². The van der Waals surface area contributed by atoms with Gasteiger partial charge < -0.3 is 5.32 Å². The van der Waals surface area contributed by atoms with E-state index in [1.807, 2.05) is 0 Å². The van der Waals surface area contributed by atoms with Crippen LogP contribution in [0.15, 0.2) is 18.2 Å². The van der Waals surface area contributed by atoms with Crippen molar-refractivity contribution in [2.75, 3.05) is 0 Å². The number of benzene rings is 1. The summed E-state index contributed by atoms with van der Waals surface area (Å²) in [4.78, 5) is 11.9. The highest BCUT2D eigenvalue weighted by molar-refractivity contribution is 6.32. The Morgan fingerprint density at radius 2 is 2.06 bits per heavy atom. The molecule has 2 nitrogen and oxygen atoms in total. The number of rotatable bonds is 3. The third-order valence-electron chi connectivity index (χ3n) is 3.16. The van der Waals surface area contributed by atoms with Gasteiger partial charge in [-0.3, -0.25) is 4.79 Å². The van der Waals surface area contributed by atoms with Crippen molar-refractivity contribution in [2.24, 2.45) is 0 Å². The van der Waals surface area contributed by atoms with Crippen LogP contribution in [0.4, 0.5) is 4.39 Å². The summed E-state index contributed by atoms with van der Waals surface area (Å²) in [6, 6.07) is 4.21. The Bertz CT molecular complexity index is 447. The van der Waals surface area contributed by atoms with Gasteiger partial charge in [0.05, 0.1) is 0 Å². The van der Waals surface area contributed by atoms with Crippen molar-refractivity contribution in [3.8, 4) is 0 Å². The van der Waals surface area contributed by atoms with E-state index in [0.717, 1.165) is 25.7 Å². The molecule has 0 aromatic heterocycles. The molecule has 2 rings (SSSR count). The molecule has 1 aliphatic rings. The zero-order valence-electron chi connectivity index (χ0n) is 9.76. The number of amides is 1. The minimum Gasteiger partial charge on any atom is -0.352 e. The van der Waals surface area contributed by atoms with Crippen LogP contribution in [0.2, 0.25) is 5.02 Å². The molecular formula is C13H14Cl2FNO. The van der Waals surface area contributed by atoms with E-state index >= 15 is 0 Å². The lowest BCUT2D eigenvalue weighted by molar-refractivity contribution is -0.121. The summed E-state index contributed by atoms with van der Waals surface area (Å²) in [5.74, 6) is -0.870. The van der Waals surface area contributed by atoms with Gasteiger partial charge >= 0.3 is 0 Å². The van der Waals surface area contributed by atoms with Crippen LogP contribution < -0.4 is 5.32 Å². The zero-order chi connectivity index (χ0) is 13.1. The number of halogens is 3. The average Bonchev–Trinajstić information content (AvgIpc) is 2.84. The highest BCUT2D eigenvalue weighted by Crippen LogP contribution is 2.27. The highest BCUT2D eigenvalue weighted by atomic mass is 35.5. The van der Waals surface area contributed by atoms with Crippen LogP contribution in [0.3, 0.4) is 0 Å². The second kappa shape index (κ2) is 5.89. The maximum atomic E-state index is 13.6. The van der Waals surface area contributed by atoms with E-state index in [2.05, 4.69) is 5.32 Å². The molecule has 0 radical (unpaired) electrons. The summed E-state index contributed by atoms with van der Waals surface area (Å²) >= 11 is 11.8. The molecule has 0 heterocycles. The van der Waals surface area contributed by atoms with Gasteiger partial charge in [0.2, 0.25) is 5.91 Å². The van der Waals surface area contributed by atoms with E-state index in [-0.39, 0.29) is 17.5 Å². The molecule has 1 fully saturated rings. The second-order valence-corrected chi connectivity index (χ2v) is 5.39. The molecule has 98 valence electrons. The molecule has 1 aliphatic carbocycles. The van der Waals surface area contributed by atoms with Crippen molar-refractivity contribution in [2.45, 2.75) is 37.1 Å². The number of nitrogens with one attached hydrogen (secondary N) is 1. The average molecular weight is 290 g/mol. The molecule has 1 saturated carbocycles. The van der Waals surface area contributed by atoms with Crippen molar-refractivity contribution >= 4 is 29.1 Å². The number of carbonyl (C=O) groups excluding carboxylic acids is 1. The topological polar surface area (TPSA) is 29.1 Å². The van der Waals surface area contributed by atoms with Gasteiger partial charge in [0.25, 0.3) is 0 Å². The van der Waals surface area contributed by atoms with E-state index in [1.54, 1.807) is 0 Å². The van der Waals surface area contributed by atoms with Crippen molar-refractivity contribution in [1.29, 1.82) is 0 Å². The summed E-state index contributed by atoms with van der Waals surface area (Å²) in [5.41, 5.74) is 0.125. The third kappa shape index (κ3) is 3.15. The van der Waals surface area contributed by atoms with E-state index < -0.39 is 11.2 Å². The molecule has 0 bridgehead atoms. The van der Waals surface area contributed by atoms with Crippen molar-refractivity contribution in [3.05, 3.63) is 34.6 Å². The maximum absolute atomic E-state index is 13.6. The predicted molar refractivity (Wildman–Crippen MR) is 70.4 cm³/mol. The fourth-order valence-corrected chi connectivity index (χ4v) is 2.61. The minimum atomic E-state index is -1.04. The molecular weight excluding hydrogens is 276 g/mol. The molecule has 1 atom stereocenters. The van der Waals surface area contributed by atoms with Crippen molar-refractivity contribution in [3.63, 3.8) is 0 Å². The number of carbonyl (C=O) groups is 1. The van der Waals surface area contributed by atoms with Gasteiger partial charge in [-0.05, 0) is 31.0 Å². The highest BCUT2D eigenvalue weighted by Gasteiger charge is 2.25. The number of alkyl halides is 1. The first-order valence-corrected chi connectivity index (χ1v) is 6.79. The summed E-state index contributed by atoms with van der Waals surface area (Å²) in [7, 11) is 0. The van der Waals surface area contributed by atoms with E-state index in [0.29, 0.717) is 5.02 Å². The minimum absolute atomic E-state index is 0.125. The molecule has 0 spiro atoms. The first-order chi connectivity index (χ1) is 8.58. The van der Waals surface area contributed by atoms with Gasteiger partial charge in [0.1, 0.15) is 11.2 Å². The number of hydrogen-bond donors (Lipinski definition) is 1. The Labute approximate surface area is 115 Å². The first kappa shape index (κ1) is 13.6. The Kier molecular flexibility index (Phi) is 4.46. The fourth-order valence-electron chi connectivity index (χ4n) is 2.19. The van der Waals surface area contributed by atoms with Crippen LogP contribution >= 0.6 is 23.2 Å². The molecule has 1 N–H and O–H groups in total. The van der Waals surface area contributed by atoms with Crippen molar-refractivity contribution < 1.29 is 9.18 Å². The smallest absolute Gasteiger partial charge is 0.242 e. The second-order valence-electron chi connectivity index (χ2n) is 4.52. The van der Waals surface area contributed by atoms with Gasteiger partial charge in [-0.15, -0.1) is 11.6 Å². The Hall–Kier alpha value is -0.800. The van der Waals surface area contributed by atoms with Crippen LogP contribution in [-0.4, -0.2) is 11.9 Å². The standard InChI is InChI=1S/C13H14Cl2FNO/c14-8-5-6-11(16)10(7-8)12(15)13(18)17-9-3-1-2-4-9/h5-7,9,12H,1-4H2,(H,17,18). The summed E-state index contributed by atoms with van der Waals surface area (Å²) < 4.78 is 13.6. The molecule has 1 amide bonds. The van der Waals surface area contributed by atoms with Crippen LogP contribution in [0, 0.1) is 5.82 Å². The molecule has 1 aromatic rings. The van der Waals surface area contributed by atoms with Crippen LogP contribution in [0.5, 0.6) is 0 Å². The van der Waals surface area contributed by atoms with Gasteiger partial charge in [-0.1, -0.05) is 24.4 Å². The van der Waals surface area contributed by atoms with Crippen LogP contribution in [0.1, 0.15) is 36.6 Å². The number of hydrogen-bond acceptors (Lipinski definition) is 1. The lowest BCUT2D eigenvalue weighted by atomic mass is 10.1. The predicted octanol–water partition coefficient (Wildman–Crippen LogP) is 3.82. The Morgan fingerprint density at radius 3 is 2.72 bits per heavy atom. The summed E-state index contributed by atoms with van der Waals surface area (Å²) in [5, 5.41) is 2.17.